The summed E-state index contributed by atoms with van der Waals surface area (Å²) in [4.78, 5) is 12.1. The highest BCUT2D eigenvalue weighted by Gasteiger charge is 2.37. The zero-order valence-electron chi connectivity index (χ0n) is 10.3. The summed E-state index contributed by atoms with van der Waals surface area (Å²) in [6, 6.07) is 4.16. The summed E-state index contributed by atoms with van der Waals surface area (Å²) in [5.41, 5.74) is 0.572. The Kier molecular flexibility index (Phi) is 4.33. The first-order valence-corrected chi connectivity index (χ1v) is 7.01. The second-order valence-electron chi connectivity index (χ2n) is 5.01. The third-order valence-electron chi connectivity index (χ3n) is 3.54. The van der Waals surface area contributed by atoms with Crippen LogP contribution in [0.2, 0.25) is 0 Å². The maximum absolute atomic E-state index is 13.1. The molecule has 0 atom stereocenters. The van der Waals surface area contributed by atoms with Crippen LogP contribution in [0.5, 0.6) is 0 Å². The lowest BCUT2D eigenvalue weighted by Crippen LogP contribution is -2.29. The molecular weight excluding hydrogens is 321 g/mol. The number of hydrogen-bond acceptors (Lipinski definition) is 1. The number of halogens is 4. The van der Waals surface area contributed by atoms with Gasteiger partial charge in [0.1, 0.15) is 11.6 Å². The van der Waals surface area contributed by atoms with Crippen molar-refractivity contribution in [3.05, 3.63) is 34.1 Å². The van der Waals surface area contributed by atoms with E-state index >= 15 is 0 Å². The number of alkyl halides is 2. The molecule has 1 fully saturated rings. The minimum absolute atomic E-state index is 0.0817. The van der Waals surface area contributed by atoms with Gasteiger partial charge in [0.25, 0.3) is 0 Å². The number of hydrogen-bond donors (Lipinski definition) is 0. The maximum Gasteiger partial charge on any atom is 0.248 e. The molecule has 0 N–H and O–H groups in total. The Morgan fingerprint density at radius 1 is 1.32 bits per heavy atom. The molecule has 2 rings (SSSR count). The predicted octanol–water partition coefficient (Wildman–Crippen LogP) is 4.53. The van der Waals surface area contributed by atoms with Gasteiger partial charge >= 0.3 is 0 Å². The van der Waals surface area contributed by atoms with Gasteiger partial charge in [0, 0.05) is 29.7 Å². The Bertz CT molecular complexity index is 478. The molecule has 0 aliphatic heterocycles. The minimum atomic E-state index is -2.63. The first-order valence-electron chi connectivity index (χ1n) is 6.22. The van der Waals surface area contributed by atoms with Crippen LogP contribution in [0, 0.1) is 11.7 Å². The van der Waals surface area contributed by atoms with E-state index in [4.69, 9.17) is 0 Å². The van der Waals surface area contributed by atoms with Crippen molar-refractivity contribution >= 4 is 21.7 Å². The van der Waals surface area contributed by atoms with E-state index in [9.17, 15) is 18.0 Å². The first kappa shape index (κ1) is 14.6. The number of ketones is 1. The lowest BCUT2D eigenvalue weighted by atomic mass is 9.82. The quantitative estimate of drug-likeness (QED) is 0.793. The van der Waals surface area contributed by atoms with E-state index < -0.39 is 11.7 Å². The van der Waals surface area contributed by atoms with E-state index in [1.165, 1.54) is 12.1 Å². The summed E-state index contributed by atoms with van der Waals surface area (Å²) < 4.78 is 39.8. The number of carbonyl (C=O) groups excluding carboxylic acids is 1. The van der Waals surface area contributed by atoms with Crippen LogP contribution in [0.15, 0.2) is 22.7 Å². The lowest BCUT2D eigenvalue weighted by Gasteiger charge is -2.27. The van der Waals surface area contributed by atoms with E-state index in [1.54, 1.807) is 6.07 Å². The van der Waals surface area contributed by atoms with Crippen LogP contribution in [-0.4, -0.2) is 11.7 Å². The zero-order chi connectivity index (χ0) is 14.0. The van der Waals surface area contributed by atoms with Gasteiger partial charge in [-0.25, -0.2) is 13.2 Å². The highest BCUT2D eigenvalue weighted by molar-refractivity contribution is 9.10. The van der Waals surface area contributed by atoms with Gasteiger partial charge in [0.05, 0.1) is 0 Å². The number of rotatable bonds is 3. The molecule has 0 saturated heterocycles. The molecule has 1 nitrogen and oxygen atoms in total. The summed E-state index contributed by atoms with van der Waals surface area (Å²) >= 11 is 3.26. The van der Waals surface area contributed by atoms with Crippen molar-refractivity contribution in [1.29, 1.82) is 0 Å². The Labute approximate surface area is 118 Å². The Morgan fingerprint density at radius 2 is 1.95 bits per heavy atom. The molecule has 1 saturated carbocycles. The van der Waals surface area contributed by atoms with Crippen molar-refractivity contribution in [2.75, 3.05) is 0 Å². The van der Waals surface area contributed by atoms with E-state index in [1.807, 2.05) is 0 Å². The highest BCUT2D eigenvalue weighted by Crippen LogP contribution is 2.37. The highest BCUT2D eigenvalue weighted by atomic mass is 79.9. The van der Waals surface area contributed by atoms with Crippen LogP contribution in [0.3, 0.4) is 0 Å². The second kappa shape index (κ2) is 5.65. The fourth-order valence-electron chi connectivity index (χ4n) is 2.37. The third kappa shape index (κ3) is 3.81. The molecule has 0 amide bonds. The van der Waals surface area contributed by atoms with Gasteiger partial charge in [0.2, 0.25) is 5.92 Å². The van der Waals surface area contributed by atoms with Gasteiger partial charge in [-0.3, -0.25) is 4.79 Å². The zero-order valence-corrected chi connectivity index (χ0v) is 11.9. The summed E-state index contributed by atoms with van der Waals surface area (Å²) in [5.74, 6) is -3.44. The van der Waals surface area contributed by atoms with Crippen LogP contribution in [0.25, 0.3) is 0 Å². The molecule has 0 heterocycles. The van der Waals surface area contributed by atoms with Crippen LogP contribution >= 0.6 is 15.9 Å². The molecule has 5 heteroatoms. The van der Waals surface area contributed by atoms with Gasteiger partial charge in [0.15, 0.2) is 0 Å². The minimum Gasteiger partial charge on any atom is -0.299 e. The standard InChI is InChI=1S/C14H14BrF3O/c15-12-2-1-11(16)7-10(12)8-13(19)9-3-5-14(17,18)6-4-9/h1-2,7,9H,3-6,8H2. The Morgan fingerprint density at radius 3 is 2.58 bits per heavy atom. The van der Waals surface area contributed by atoms with Gasteiger partial charge in [-0.1, -0.05) is 15.9 Å². The molecule has 0 bridgehead atoms. The molecule has 19 heavy (non-hydrogen) atoms. The third-order valence-corrected chi connectivity index (χ3v) is 4.32. The van der Waals surface area contributed by atoms with Gasteiger partial charge in [-0.05, 0) is 36.6 Å². The summed E-state index contributed by atoms with van der Waals surface area (Å²) in [6.07, 6.45) is 0.0770. The topological polar surface area (TPSA) is 17.1 Å². The molecule has 0 unspecified atom stereocenters. The van der Waals surface area contributed by atoms with Crippen molar-refractivity contribution in [2.24, 2.45) is 5.92 Å². The molecule has 1 aliphatic carbocycles. The summed E-state index contributed by atoms with van der Waals surface area (Å²) in [7, 11) is 0. The van der Waals surface area contributed by atoms with Crippen LogP contribution in [0.1, 0.15) is 31.2 Å². The van der Waals surface area contributed by atoms with Crippen molar-refractivity contribution in [3.8, 4) is 0 Å². The fourth-order valence-corrected chi connectivity index (χ4v) is 2.76. The first-order chi connectivity index (χ1) is 8.87. The molecule has 0 radical (unpaired) electrons. The Hall–Kier alpha value is -0.840. The number of carbonyl (C=O) groups is 1. The van der Waals surface area contributed by atoms with Crippen molar-refractivity contribution in [1.82, 2.24) is 0 Å². The molecule has 1 aromatic carbocycles. The number of benzene rings is 1. The molecule has 0 aromatic heterocycles. The van der Waals surface area contributed by atoms with Gasteiger partial charge < -0.3 is 0 Å². The van der Waals surface area contributed by atoms with E-state index in [0.29, 0.717) is 10.0 Å². The summed E-state index contributed by atoms with van der Waals surface area (Å²) in [5, 5.41) is 0. The van der Waals surface area contributed by atoms with Crippen molar-refractivity contribution < 1.29 is 18.0 Å². The fraction of sp³-hybridized carbons (Fsp3) is 0.500. The lowest BCUT2D eigenvalue weighted by molar-refractivity contribution is -0.126. The second-order valence-corrected chi connectivity index (χ2v) is 5.86. The SMILES string of the molecule is O=C(Cc1cc(F)ccc1Br)C1CCC(F)(F)CC1. The molecule has 0 spiro atoms. The largest absolute Gasteiger partial charge is 0.299 e. The summed E-state index contributed by atoms with van der Waals surface area (Å²) in [6.45, 7) is 0. The molecular formula is C14H14BrF3O. The maximum atomic E-state index is 13.1. The Balaban J connectivity index is 2.00. The van der Waals surface area contributed by atoms with Crippen LogP contribution in [-0.2, 0) is 11.2 Å². The van der Waals surface area contributed by atoms with Crippen LogP contribution in [0.4, 0.5) is 13.2 Å². The van der Waals surface area contributed by atoms with Crippen LogP contribution < -0.4 is 0 Å². The van der Waals surface area contributed by atoms with Crippen molar-refractivity contribution in [2.45, 2.75) is 38.0 Å². The smallest absolute Gasteiger partial charge is 0.248 e. The van der Waals surface area contributed by atoms with Gasteiger partial charge in [-0.15, -0.1) is 0 Å². The predicted molar refractivity (Wildman–Crippen MR) is 69.7 cm³/mol. The number of Topliss-reactive ketones (excluding diaryl/α,β-unsaturated/α-hetero) is 1. The van der Waals surface area contributed by atoms with E-state index in [-0.39, 0.29) is 43.8 Å². The average molecular weight is 335 g/mol. The monoisotopic (exact) mass is 334 g/mol. The molecule has 1 aliphatic rings. The van der Waals surface area contributed by atoms with Gasteiger partial charge in [-0.2, -0.15) is 0 Å². The van der Waals surface area contributed by atoms with Crippen molar-refractivity contribution in [3.63, 3.8) is 0 Å². The van der Waals surface area contributed by atoms with E-state index in [0.717, 1.165) is 0 Å². The normalized spacial score (nSPS) is 19.4. The average Bonchev–Trinajstić information content (AvgIpc) is 2.33. The van der Waals surface area contributed by atoms with E-state index in [2.05, 4.69) is 15.9 Å². The molecule has 1 aromatic rings. The molecule has 104 valence electrons.